The SMILES string of the molecule is CC(CNC(=O)CCCN)C(=O)O. The first-order valence-corrected chi connectivity index (χ1v) is 4.27. The van der Waals surface area contributed by atoms with Crippen molar-refractivity contribution in [1.29, 1.82) is 0 Å². The molecule has 0 aliphatic heterocycles. The summed E-state index contributed by atoms with van der Waals surface area (Å²) in [7, 11) is 0. The molecule has 0 aliphatic rings. The molecule has 13 heavy (non-hydrogen) atoms. The number of carboxylic acids is 1. The number of hydrogen-bond acceptors (Lipinski definition) is 3. The van der Waals surface area contributed by atoms with Crippen molar-refractivity contribution in [3.05, 3.63) is 0 Å². The zero-order valence-electron chi connectivity index (χ0n) is 7.75. The van der Waals surface area contributed by atoms with Gasteiger partial charge in [-0.3, -0.25) is 9.59 Å². The van der Waals surface area contributed by atoms with Crippen LogP contribution in [0.25, 0.3) is 0 Å². The van der Waals surface area contributed by atoms with E-state index in [1.165, 1.54) is 0 Å². The van der Waals surface area contributed by atoms with Crippen molar-refractivity contribution < 1.29 is 14.7 Å². The Bertz CT molecular complexity index is 182. The molecule has 0 spiro atoms. The molecule has 0 rings (SSSR count). The van der Waals surface area contributed by atoms with E-state index in [1.807, 2.05) is 0 Å². The molecule has 4 N–H and O–H groups in total. The molecule has 0 aromatic rings. The third-order valence-electron chi connectivity index (χ3n) is 1.63. The summed E-state index contributed by atoms with van der Waals surface area (Å²) in [5.41, 5.74) is 5.21. The average molecular weight is 188 g/mol. The van der Waals surface area contributed by atoms with E-state index in [-0.39, 0.29) is 12.5 Å². The van der Waals surface area contributed by atoms with Crippen LogP contribution in [0.2, 0.25) is 0 Å². The molecule has 0 saturated heterocycles. The summed E-state index contributed by atoms with van der Waals surface area (Å²) < 4.78 is 0. The number of carbonyl (C=O) groups is 2. The second-order valence-corrected chi connectivity index (χ2v) is 2.94. The van der Waals surface area contributed by atoms with Gasteiger partial charge in [0.15, 0.2) is 0 Å². The molecule has 0 heterocycles. The number of carbonyl (C=O) groups excluding carboxylic acids is 1. The Balaban J connectivity index is 3.52. The first-order valence-electron chi connectivity index (χ1n) is 4.27. The molecule has 76 valence electrons. The van der Waals surface area contributed by atoms with Crippen LogP contribution in [-0.4, -0.2) is 30.1 Å². The number of aliphatic carboxylic acids is 1. The minimum Gasteiger partial charge on any atom is -0.481 e. The van der Waals surface area contributed by atoms with Gasteiger partial charge in [0.25, 0.3) is 0 Å². The summed E-state index contributed by atoms with van der Waals surface area (Å²) in [5, 5.41) is 11.0. The summed E-state index contributed by atoms with van der Waals surface area (Å²) in [6.45, 7) is 2.20. The third-order valence-corrected chi connectivity index (χ3v) is 1.63. The van der Waals surface area contributed by atoms with E-state index in [2.05, 4.69) is 5.32 Å². The van der Waals surface area contributed by atoms with Crippen molar-refractivity contribution in [3.8, 4) is 0 Å². The molecule has 1 unspecified atom stereocenters. The van der Waals surface area contributed by atoms with Gasteiger partial charge in [-0.25, -0.2) is 0 Å². The lowest BCUT2D eigenvalue weighted by atomic mass is 10.2. The van der Waals surface area contributed by atoms with Gasteiger partial charge in [0.2, 0.25) is 5.91 Å². The van der Waals surface area contributed by atoms with Crippen LogP contribution in [0.15, 0.2) is 0 Å². The Kier molecular flexibility index (Phi) is 5.88. The molecule has 0 fully saturated rings. The monoisotopic (exact) mass is 188 g/mol. The molecule has 0 saturated carbocycles. The molecule has 0 aliphatic carbocycles. The number of nitrogens with one attached hydrogen (secondary N) is 1. The molecular formula is C8H16N2O3. The first-order chi connectivity index (χ1) is 6.07. The Morgan fingerprint density at radius 1 is 1.54 bits per heavy atom. The standard InChI is InChI=1S/C8H16N2O3/c1-6(8(12)13)5-10-7(11)3-2-4-9/h6H,2-5,9H2,1H3,(H,10,11)(H,12,13). The molecule has 5 nitrogen and oxygen atoms in total. The molecule has 0 bridgehead atoms. The number of carboxylic acid groups (broad SMARTS) is 1. The van der Waals surface area contributed by atoms with Crippen molar-refractivity contribution in [2.45, 2.75) is 19.8 Å². The lowest BCUT2D eigenvalue weighted by Gasteiger charge is -2.07. The maximum Gasteiger partial charge on any atom is 0.308 e. The summed E-state index contributed by atoms with van der Waals surface area (Å²) >= 11 is 0. The summed E-state index contributed by atoms with van der Waals surface area (Å²) in [5.74, 6) is -1.58. The number of rotatable bonds is 6. The van der Waals surface area contributed by atoms with Gasteiger partial charge >= 0.3 is 5.97 Å². The summed E-state index contributed by atoms with van der Waals surface area (Å²) in [6.07, 6.45) is 0.996. The maximum absolute atomic E-state index is 11.0. The van der Waals surface area contributed by atoms with Crippen molar-refractivity contribution >= 4 is 11.9 Å². The van der Waals surface area contributed by atoms with Gasteiger partial charge in [0.05, 0.1) is 5.92 Å². The van der Waals surface area contributed by atoms with Crippen LogP contribution in [-0.2, 0) is 9.59 Å². The fourth-order valence-electron chi connectivity index (χ4n) is 0.705. The minimum atomic E-state index is -0.904. The van der Waals surface area contributed by atoms with Crippen LogP contribution in [0.5, 0.6) is 0 Å². The van der Waals surface area contributed by atoms with Gasteiger partial charge < -0.3 is 16.2 Å². The van der Waals surface area contributed by atoms with Gasteiger partial charge in [0.1, 0.15) is 0 Å². The quantitative estimate of drug-likeness (QED) is 0.527. The highest BCUT2D eigenvalue weighted by molar-refractivity contribution is 5.77. The zero-order chi connectivity index (χ0) is 10.3. The third kappa shape index (κ3) is 6.10. The normalized spacial score (nSPS) is 12.2. The van der Waals surface area contributed by atoms with E-state index in [4.69, 9.17) is 10.8 Å². The summed E-state index contributed by atoms with van der Waals surface area (Å²) in [4.78, 5) is 21.3. The van der Waals surface area contributed by atoms with Gasteiger partial charge in [-0.15, -0.1) is 0 Å². The van der Waals surface area contributed by atoms with Crippen LogP contribution in [0.4, 0.5) is 0 Å². The van der Waals surface area contributed by atoms with Crippen LogP contribution in [0.3, 0.4) is 0 Å². The van der Waals surface area contributed by atoms with Crippen molar-refractivity contribution in [1.82, 2.24) is 5.32 Å². The predicted molar refractivity (Wildman–Crippen MR) is 48.1 cm³/mol. The Morgan fingerprint density at radius 2 is 2.15 bits per heavy atom. The van der Waals surface area contributed by atoms with Gasteiger partial charge in [-0.1, -0.05) is 6.92 Å². The zero-order valence-corrected chi connectivity index (χ0v) is 7.75. The van der Waals surface area contributed by atoms with Gasteiger partial charge in [-0.05, 0) is 13.0 Å². The summed E-state index contributed by atoms with van der Waals surface area (Å²) in [6, 6.07) is 0. The largest absolute Gasteiger partial charge is 0.481 e. The van der Waals surface area contributed by atoms with Crippen LogP contribution < -0.4 is 11.1 Å². The molecule has 0 radical (unpaired) electrons. The molecule has 0 aromatic carbocycles. The van der Waals surface area contributed by atoms with E-state index in [9.17, 15) is 9.59 Å². The highest BCUT2D eigenvalue weighted by Crippen LogP contribution is 1.92. The maximum atomic E-state index is 11.0. The van der Waals surface area contributed by atoms with Crippen LogP contribution in [0.1, 0.15) is 19.8 Å². The van der Waals surface area contributed by atoms with Crippen LogP contribution >= 0.6 is 0 Å². The van der Waals surface area contributed by atoms with E-state index >= 15 is 0 Å². The minimum absolute atomic E-state index is 0.140. The van der Waals surface area contributed by atoms with E-state index < -0.39 is 11.9 Å². The Labute approximate surface area is 77.3 Å². The lowest BCUT2D eigenvalue weighted by molar-refractivity contribution is -0.141. The highest BCUT2D eigenvalue weighted by Gasteiger charge is 2.11. The topological polar surface area (TPSA) is 92.4 Å². The fourth-order valence-corrected chi connectivity index (χ4v) is 0.705. The molecular weight excluding hydrogens is 172 g/mol. The first kappa shape index (κ1) is 11.9. The van der Waals surface area contributed by atoms with Crippen molar-refractivity contribution in [2.75, 3.05) is 13.1 Å². The second-order valence-electron chi connectivity index (χ2n) is 2.94. The van der Waals surface area contributed by atoms with E-state index in [0.717, 1.165) is 0 Å². The number of amides is 1. The van der Waals surface area contributed by atoms with Gasteiger partial charge in [-0.2, -0.15) is 0 Å². The lowest BCUT2D eigenvalue weighted by Crippen LogP contribution is -2.31. The van der Waals surface area contributed by atoms with Gasteiger partial charge in [0, 0.05) is 13.0 Å². The molecule has 1 amide bonds. The Hall–Kier alpha value is -1.10. The second kappa shape index (κ2) is 6.42. The predicted octanol–water partition coefficient (Wildman–Crippen LogP) is -0.438. The molecule has 1 atom stereocenters. The highest BCUT2D eigenvalue weighted by atomic mass is 16.4. The number of nitrogens with two attached hydrogens (primary N) is 1. The average Bonchev–Trinajstić information content (AvgIpc) is 2.10. The Morgan fingerprint density at radius 3 is 2.62 bits per heavy atom. The molecule has 0 aromatic heterocycles. The molecule has 5 heteroatoms. The smallest absolute Gasteiger partial charge is 0.308 e. The van der Waals surface area contributed by atoms with Crippen molar-refractivity contribution in [2.24, 2.45) is 11.7 Å². The van der Waals surface area contributed by atoms with E-state index in [0.29, 0.717) is 19.4 Å². The number of hydrogen-bond donors (Lipinski definition) is 3. The van der Waals surface area contributed by atoms with Crippen molar-refractivity contribution in [3.63, 3.8) is 0 Å². The van der Waals surface area contributed by atoms with E-state index in [1.54, 1.807) is 6.92 Å². The fraction of sp³-hybridized carbons (Fsp3) is 0.750. The van der Waals surface area contributed by atoms with Crippen LogP contribution in [0, 0.1) is 5.92 Å².